The van der Waals surface area contributed by atoms with Gasteiger partial charge in [-0.05, 0) is 68.1 Å². The van der Waals surface area contributed by atoms with Crippen LogP contribution >= 0.6 is 11.6 Å². The van der Waals surface area contributed by atoms with Gasteiger partial charge < -0.3 is 4.90 Å². The van der Waals surface area contributed by atoms with E-state index in [1.165, 1.54) is 0 Å². The van der Waals surface area contributed by atoms with Crippen LogP contribution < -0.4 is 0 Å². The van der Waals surface area contributed by atoms with Gasteiger partial charge in [0.15, 0.2) is 5.82 Å². The van der Waals surface area contributed by atoms with Gasteiger partial charge in [0.2, 0.25) is 5.78 Å². The van der Waals surface area contributed by atoms with E-state index in [9.17, 15) is 9.59 Å². The van der Waals surface area contributed by atoms with Gasteiger partial charge in [-0.25, -0.2) is 0 Å². The molecule has 1 fully saturated rings. The molecule has 0 bridgehead atoms. The monoisotopic (exact) mass is 629 g/mol. The summed E-state index contributed by atoms with van der Waals surface area (Å²) in [4.78, 5) is 39.5. The molecule has 1 N–H and O–H groups in total. The maximum atomic E-state index is 14.5. The predicted molar refractivity (Wildman–Crippen MR) is 178 cm³/mol. The lowest BCUT2D eigenvalue weighted by atomic mass is 9.69. The second-order valence-corrected chi connectivity index (χ2v) is 13.9. The summed E-state index contributed by atoms with van der Waals surface area (Å²) in [6, 6.07) is 15.0. The van der Waals surface area contributed by atoms with Crippen molar-refractivity contribution in [2.24, 2.45) is 21.3 Å². The summed E-state index contributed by atoms with van der Waals surface area (Å²) in [6.45, 7) is 11.0. The number of ketones is 1. The molecule has 1 aromatic heterocycles. The van der Waals surface area contributed by atoms with Crippen LogP contribution in [-0.4, -0.2) is 54.3 Å². The number of benzene rings is 2. The van der Waals surface area contributed by atoms with E-state index in [1.54, 1.807) is 6.92 Å². The van der Waals surface area contributed by atoms with Gasteiger partial charge in [0.05, 0.1) is 11.8 Å². The van der Waals surface area contributed by atoms with Gasteiger partial charge in [-0.1, -0.05) is 100 Å². The highest BCUT2D eigenvalue weighted by Crippen LogP contribution is 2.50. The van der Waals surface area contributed by atoms with Crippen molar-refractivity contribution in [1.82, 2.24) is 25.5 Å². The molecule has 1 amide bonds. The minimum Gasteiger partial charge on any atom is -0.305 e. The van der Waals surface area contributed by atoms with E-state index in [-0.39, 0.29) is 29.7 Å². The lowest BCUT2D eigenvalue weighted by molar-refractivity contribution is -0.133. The van der Waals surface area contributed by atoms with Crippen LogP contribution in [-0.2, 0) is 11.3 Å². The summed E-state index contributed by atoms with van der Waals surface area (Å²) in [5.41, 5.74) is 2.77. The number of hydrogen-bond donors (Lipinski definition) is 1. The molecule has 1 aliphatic heterocycles. The molecule has 10 heteroatoms. The molecule has 9 nitrogen and oxygen atoms in total. The standard InChI is InChI=1S/C35H44ClN7O2/c1-6-7-8-12-29(24-13-15-25(16-14-24)32(44)23(2)37-22-30-39-41-42-40-30)43-33(45)31(26-10-9-11-28(36)21-26)38-35(43)19-17-27(18-20-35)34(3,4)5/h9-11,13-16,21,27,29H,6-8,12,17-20,22H2,1-5H3,(H,39,40,41,42). The number of halogens is 1. The van der Waals surface area contributed by atoms with E-state index in [0.29, 0.717) is 33.8 Å². The molecule has 0 saturated heterocycles. The molecular weight excluding hydrogens is 586 g/mol. The van der Waals surface area contributed by atoms with Crippen molar-refractivity contribution in [2.75, 3.05) is 0 Å². The zero-order valence-corrected chi connectivity index (χ0v) is 27.8. The third-order valence-electron chi connectivity index (χ3n) is 9.42. The molecule has 2 aliphatic rings. The maximum absolute atomic E-state index is 14.5. The molecule has 2 heterocycles. The SMILES string of the molecule is CCCCCC(c1ccc(C(=O)C(C)=NCc2nn[nH]n2)cc1)N1C(=O)C(c2cccc(Cl)c2)=NC12CCC(C(C)(C)C)CC2. The number of aliphatic imine (C=N–C) groups is 2. The molecule has 238 valence electrons. The molecule has 5 rings (SSSR count). The highest BCUT2D eigenvalue weighted by molar-refractivity contribution is 6.47. The number of rotatable bonds is 11. The first-order valence-corrected chi connectivity index (χ1v) is 16.5. The number of unbranched alkanes of at least 4 members (excludes halogenated alkanes) is 2. The number of hydrogen-bond acceptors (Lipinski definition) is 7. The Morgan fingerprint density at radius 1 is 1.13 bits per heavy atom. The second-order valence-electron chi connectivity index (χ2n) is 13.5. The smallest absolute Gasteiger partial charge is 0.275 e. The molecule has 1 atom stereocenters. The summed E-state index contributed by atoms with van der Waals surface area (Å²) >= 11 is 6.38. The Bertz CT molecular complexity index is 1550. The molecule has 0 radical (unpaired) electrons. The van der Waals surface area contributed by atoms with Crippen LogP contribution in [0, 0.1) is 11.3 Å². The first kappa shape index (κ1) is 32.7. The van der Waals surface area contributed by atoms with Gasteiger partial charge in [-0.3, -0.25) is 19.6 Å². The average Bonchev–Trinajstić information content (AvgIpc) is 3.64. The van der Waals surface area contributed by atoms with Crippen LogP contribution in [0.15, 0.2) is 58.5 Å². The Kier molecular flexibility index (Phi) is 9.97. The lowest BCUT2D eigenvalue weighted by Crippen LogP contribution is -2.51. The quantitative estimate of drug-likeness (QED) is 0.133. The number of carbonyl (C=O) groups excluding carboxylic acids is 2. The Morgan fingerprint density at radius 2 is 1.87 bits per heavy atom. The number of aromatic amines is 1. The van der Waals surface area contributed by atoms with Crippen molar-refractivity contribution in [3.8, 4) is 0 Å². The van der Waals surface area contributed by atoms with E-state index in [0.717, 1.165) is 62.5 Å². The topological polar surface area (TPSA) is 117 Å². The van der Waals surface area contributed by atoms with Crippen LogP contribution in [0.5, 0.6) is 0 Å². The predicted octanol–water partition coefficient (Wildman–Crippen LogP) is 7.58. The number of aromatic nitrogens is 4. The van der Waals surface area contributed by atoms with Crippen molar-refractivity contribution in [3.05, 3.63) is 76.1 Å². The molecule has 1 unspecified atom stereocenters. The maximum Gasteiger partial charge on any atom is 0.275 e. The van der Waals surface area contributed by atoms with Crippen molar-refractivity contribution < 1.29 is 9.59 Å². The van der Waals surface area contributed by atoms with Gasteiger partial charge in [-0.15, -0.1) is 10.2 Å². The minimum atomic E-state index is -0.611. The minimum absolute atomic E-state index is 0.0439. The molecule has 2 aromatic carbocycles. The normalized spacial score (nSPS) is 21.3. The summed E-state index contributed by atoms with van der Waals surface area (Å²) in [6.07, 6.45) is 7.63. The van der Waals surface area contributed by atoms with Crippen molar-refractivity contribution >= 4 is 34.7 Å². The Hall–Kier alpha value is -3.72. The fraction of sp³-hybridized carbons (Fsp3) is 0.514. The van der Waals surface area contributed by atoms with Gasteiger partial charge >= 0.3 is 0 Å². The molecular formula is C35H44ClN7O2. The van der Waals surface area contributed by atoms with Crippen LogP contribution in [0.4, 0.5) is 0 Å². The summed E-state index contributed by atoms with van der Waals surface area (Å²) in [5, 5.41) is 14.3. The first-order valence-electron chi connectivity index (χ1n) is 16.1. The fourth-order valence-electron chi connectivity index (χ4n) is 6.78. The third kappa shape index (κ3) is 7.24. The highest BCUT2D eigenvalue weighted by atomic mass is 35.5. The number of carbonyl (C=O) groups is 2. The van der Waals surface area contributed by atoms with Gasteiger partial charge in [0.25, 0.3) is 5.91 Å². The number of tetrazole rings is 1. The largest absolute Gasteiger partial charge is 0.305 e. The number of nitrogens with zero attached hydrogens (tertiary/aromatic N) is 6. The number of Topliss-reactive ketones (excluding diaryl/α,β-unsaturated/α-hetero) is 1. The molecule has 1 spiro atoms. The molecule has 1 aliphatic carbocycles. The third-order valence-corrected chi connectivity index (χ3v) is 9.66. The van der Waals surface area contributed by atoms with Crippen LogP contribution in [0.2, 0.25) is 5.02 Å². The zero-order chi connectivity index (χ0) is 32.2. The van der Waals surface area contributed by atoms with Crippen LogP contribution in [0.1, 0.15) is 119 Å². The van der Waals surface area contributed by atoms with Gasteiger partial charge in [-0.2, -0.15) is 5.21 Å². The molecule has 1 saturated carbocycles. The fourth-order valence-corrected chi connectivity index (χ4v) is 6.97. The second kappa shape index (κ2) is 13.7. The number of nitrogens with one attached hydrogen (secondary N) is 1. The summed E-state index contributed by atoms with van der Waals surface area (Å²) < 4.78 is 0. The van der Waals surface area contributed by atoms with Gasteiger partial charge in [0, 0.05) is 16.1 Å². The van der Waals surface area contributed by atoms with Crippen molar-refractivity contribution in [1.29, 1.82) is 0 Å². The van der Waals surface area contributed by atoms with Crippen molar-refractivity contribution in [2.45, 2.75) is 104 Å². The van der Waals surface area contributed by atoms with E-state index in [4.69, 9.17) is 16.6 Å². The Morgan fingerprint density at radius 3 is 2.49 bits per heavy atom. The van der Waals surface area contributed by atoms with E-state index < -0.39 is 5.66 Å². The Labute approximate surface area is 271 Å². The van der Waals surface area contributed by atoms with E-state index in [1.807, 2.05) is 48.5 Å². The lowest BCUT2D eigenvalue weighted by Gasteiger charge is -2.47. The zero-order valence-electron chi connectivity index (χ0n) is 27.0. The summed E-state index contributed by atoms with van der Waals surface area (Å²) in [7, 11) is 0. The van der Waals surface area contributed by atoms with Gasteiger partial charge in [0.1, 0.15) is 17.9 Å². The molecule has 3 aromatic rings. The number of H-pyrrole nitrogens is 1. The number of amides is 1. The van der Waals surface area contributed by atoms with E-state index in [2.05, 4.69) is 58.2 Å². The Balaban J connectivity index is 1.48. The van der Waals surface area contributed by atoms with E-state index >= 15 is 0 Å². The average molecular weight is 630 g/mol. The molecule has 45 heavy (non-hydrogen) atoms. The van der Waals surface area contributed by atoms with Crippen LogP contribution in [0.3, 0.4) is 0 Å². The van der Waals surface area contributed by atoms with Crippen LogP contribution in [0.25, 0.3) is 0 Å². The highest BCUT2D eigenvalue weighted by Gasteiger charge is 2.52. The first-order chi connectivity index (χ1) is 21.5. The van der Waals surface area contributed by atoms with Crippen molar-refractivity contribution in [3.63, 3.8) is 0 Å². The summed E-state index contributed by atoms with van der Waals surface area (Å²) in [5.74, 6) is 0.790.